The number of hydrogen-bond acceptors (Lipinski definition) is 5. The number of carbonyl (C=O) groups excluding carboxylic acids is 1. The van der Waals surface area contributed by atoms with Crippen molar-refractivity contribution in [1.82, 2.24) is 0 Å². The van der Waals surface area contributed by atoms with E-state index in [2.05, 4.69) is 4.74 Å². The van der Waals surface area contributed by atoms with Crippen LogP contribution in [0.5, 0.6) is 0 Å². The number of cyclic esters (lactones) is 2. The molecule has 0 amide bonds. The molecule has 1 aliphatic heterocycles. The van der Waals surface area contributed by atoms with E-state index < -0.39 is 27.6 Å². The largest absolute Gasteiger partial charge is 0.508 e. The van der Waals surface area contributed by atoms with Crippen LogP contribution in [0.25, 0.3) is 0 Å². The second-order valence-electron chi connectivity index (χ2n) is 4.29. The number of benzene rings is 1. The van der Waals surface area contributed by atoms with Gasteiger partial charge in [0.1, 0.15) is 18.0 Å². The molecule has 1 saturated heterocycles. The first-order chi connectivity index (χ1) is 8.97. The molecule has 0 spiro atoms. The van der Waals surface area contributed by atoms with Gasteiger partial charge < -0.3 is 9.47 Å². The topological polar surface area (TPSA) is 89.9 Å². The van der Waals surface area contributed by atoms with Gasteiger partial charge in [-0.3, -0.25) is 4.55 Å². The van der Waals surface area contributed by atoms with E-state index in [-0.39, 0.29) is 13.0 Å². The highest BCUT2D eigenvalue weighted by Gasteiger charge is 2.30. The van der Waals surface area contributed by atoms with Crippen LogP contribution in [0.3, 0.4) is 0 Å². The molecule has 0 aromatic heterocycles. The van der Waals surface area contributed by atoms with Crippen molar-refractivity contribution in [3.05, 3.63) is 35.9 Å². The molecular weight excluding hydrogens is 272 g/mol. The van der Waals surface area contributed by atoms with Crippen molar-refractivity contribution in [1.29, 1.82) is 0 Å². The van der Waals surface area contributed by atoms with Gasteiger partial charge in [-0.15, -0.1) is 0 Å². The third-order valence-electron chi connectivity index (χ3n) is 2.93. The lowest BCUT2D eigenvalue weighted by atomic mass is 10.1. The van der Waals surface area contributed by atoms with Crippen molar-refractivity contribution in [2.45, 2.75) is 24.2 Å². The maximum Gasteiger partial charge on any atom is 0.508 e. The van der Waals surface area contributed by atoms with E-state index in [0.29, 0.717) is 12.0 Å². The van der Waals surface area contributed by atoms with Gasteiger partial charge in [0.15, 0.2) is 0 Å². The summed E-state index contributed by atoms with van der Waals surface area (Å²) < 4.78 is 41.6. The average molecular weight is 286 g/mol. The predicted octanol–water partition coefficient (Wildman–Crippen LogP) is 1.93. The fourth-order valence-corrected chi connectivity index (χ4v) is 2.93. The molecule has 1 aromatic rings. The summed E-state index contributed by atoms with van der Waals surface area (Å²) in [6.45, 7) is 0.117. The molecule has 1 fully saturated rings. The van der Waals surface area contributed by atoms with Crippen LogP contribution >= 0.6 is 0 Å². The Morgan fingerprint density at radius 2 is 2.00 bits per heavy atom. The van der Waals surface area contributed by atoms with E-state index in [9.17, 15) is 17.8 Å². The number of ether oxygens (including phenoxy) is 2. The summed E-state index contributed by atoms with van der Waals surface area (Å²) in [5.41, 5.74) is 0.509. The number of hydrogen-bond donors (Lipinski definition) is 1. The molecule has 2 rings (SSSR count). The lowest BCUT2D eigenvalue weighted by molar-refractivity contribution is 0.115. The van der Waals surface area contributed by atoms with Gasteiger partial charge in [0, 0.05) is 0 Å². The monoisotopic (exact) mass is 286 g/mol. The van der Waals surface area contributed by atoms with Crippen LogP contribution in [-0.2, 0) is 19.6 Å². The number of carbonyl (C=O) groups is 1. The second kappa shape index (κ2) is 5.58. The molecule has 6 nitrogen and oxygen atoms in total. The fourth-order valence-electron chi connectivity index (χ4n) is 2.00. The van der Waals surface area contributed by atoms with Crippen molar-refractivity contribution in [3.8, 4) is 0 Å². The van der Waals surface area contributed by atoms with Crippen molar-refractivity contribution in [3.63, 3.8) is 0 Å². The van der Waals surface area contributed by atoms with Gasteiger partial charge in [0.25, 0.3) is 10.1 Å². The van der Waals surface area contributed by atoms with Gasteiger partial charge in [0.2, 0.25) is 0 Å². The first kappa shape index (κ1) is 13.8. The van der Waals surface area contributed by atoms with Gasteiger partial charge in [-0.1, -0.05) is 30.3 Å². The van der Waals surface area contributed by atoms with E-state index in [1.54, 1.807) is 30.3 Å². The molecule has 7 heteroatoms. The zero-order chi connectivity index (χ0) is 13.9. The van der Waals surface area contributed by atoms with E-state index in [0.717, 1.165) is 0 Å². The Kier molecular flexibility index (Phi) is 4.06. The Morgan fingerprint density at radius 1 is 1.32 bits per heavy atom. The minimum absolute atomic E-state index is 0.117. The van der Waals surface area contributed by atoms with Gasteiger partial charge >= 0.3 is 6.16 Å². The SMILES string of the molecule is O=C1OCC(CCC(c2ccccc2)S(=O)(=O)O)O1. The summed E-state index contributed by atoms with van der Waals surface area (Å²) in [4.78, 5) is 10.8. The molecule has 19 heavy (non-hydrogen) atoms. The minimum Gasteiger partial charge on any atom is -0.430 e. The molecule has 1 heterocycles. The highest BCUT2D eigenvalue weighted by molar-refractivity contribution is 7.86. The zero-order valence-corrected chi connectivity index (χ0v) is 10.9. The van der Waals surface area contributed by atoms with Crippen molar-refractivity contribution < 1.29 is 27.2 Å². The zero-order valence-electron chi connectivity index (χ0n) is 10.1. The highest BCUT2D eigenvalue weighted by Crippen LogP contribution is 2.28. The number of rotatable bonds is 5. The predicted molar refractivity (Wildman–Crippen MR) is 66.2 cm³/mol. The van der Waals surface area contributed by atoms with Gasteiger partial charge in [-0.05, 0) is 18.4 Å². The Hall–Kier alpha value is -1.60. The lowest BCUT2D eigenvalue weighted by Crippen LogP contribution is -2.17. The maximum atomic E-state index is 11.4. The minimum atomic E-state index is -4.20. The summed E-state index contributed by atoms with van der Waals surface area (Å²) in [6, 6.07) is 8.43. The average Bonchev–Trinajstić information content (AvgIpc) is 2.75. The standard InChI is InChI=1S/C12H14O6S/c13-12-17-8-10(18-12)6-7-11(19(14,15)16)9-4-2-1-3-5-9/h1-5,10-11H,6-8H2,(H,14,15,16). The molecule has 0 saturated carbocycles. The summed E-state index contributed by atoms with van der Waals surface area (Å²) in [5.74, 6) is 0. The van der Waals surface area contributed by atoms with E-state index in [1.807, 2.05) is 0 Å². The smallest absolute Gasteiger partial charge is 0.430 e. The molecule has 1 aliphatic rings. The molecule has 104 valence electrons. The van der Waals surface area contributed by atoms with Crippen molar-refractivity contribution in [2.24, 2.45) is 0 Å². The first-order valence-electron chi connectivity index (χ1n) is 5.81. The Balaban J connectivity index is 2.06. The van der Waals surface area contributed by atoms with Gasteiger partial charge in [-0.2, -0.15) is 8.42 Å². The van der Waals surface area contributed by atoms with Crippen LogP contribution in [0.1, 0.15) is 23.7 Å². The van der Waals surface area contributed by atoms with Crippen molar-refractivity contribution in [2.75, 3.05) is 6.61 Å². The Labute approximate surface area is 111 Å². The molecule has 1 aromatic carbocycles. The van der Waals surface area contributed by atoms with E-state index >= 15 is 0 Å². The van der Waals surface area contributed by atoms with Crippen molar-refractivity contribution >= 4 is 16.3 Å². The van der Waals surface area contributed by atoms with E-state index in [4.69, 9.17) is 4.74 Å². The van der Waals surface area contributed by atoms with Crippen LogP contribution in [0.15, 0.2) is 30.3 Å². The summed E-state index contributed by atoms with van der Waals surface area (Å²) in [5, 5.41) is -1.02. The van der Waals surface area contributed by atoms with Crippen LogP contribution in [0.2, 0.25) is 0 Å². The summed E-state index contributed by atoms with van der Waals surface area (Å²) >= 11 is 0. The lowest BCUT2D eigenvalue weighted by Gasteiger charge is -2.15. The van der Waals surface area contributed by atoms with E-state index in [1.165, 1.54) is 0 Å². The third kappa shape index (κ3) is 3.68. The molecule has 0 radical (unpaired) electrons. The molecule has 2 unspecified atom stereocenters. The van der Waals surface area contributed by atoms with Crippen LogP contribution in [-0.4, -0.2) is 31.8 Å². The third-order valence-corrected chi connectivity index (χ3v) is 4.16. The molecule has 1 N–H and O–H groups in total. The summed E-state index contributed by atoms with van der Waals surface area (Å²) in [7, 11) is -4.20. The van der Waals surface area contributed by atoms with Crippen LogP contribution in [0, 0.1) is 0 Å². The molecule has 0 bridgehead atoms. The van der Waals surface area contributed by atoms with Gasteiger partial charge in [-0.25, -0.2) is 4.79 Å². The first-order valence-corrected chi connectivity index (χ1v) is 7.32. The van der Waals surface area contributed by atoms with Crippen LogP contribution in [0.4, 0.5) is 4.79 Å². The van der Waals surface area contributed by atoms with Gasteiger partial charge in [0.05, 0.1) is 0 Å². The highest BCUT2D eigenvalue weighted by atomic mass is 32.2. The summed E-state index contributed by atoms with van der Waals surface area (Å²) in [6.07, 6.45) is -0.733. The quantitative estimate of drug-likeness (QED) is 0.657. The van der Waals surface area contributed by atoms with Crippen LogP contribution < -0.4 is 0 Å². The normalized spacial score (nSPS) is 20.7. The maximum absolute atomic E-state index is 11.4. The molecular formula is C12H14O6S. The molecule has 2 atom stereocenters. The second-order valence-corrected chi connectivity index (χ2v) is 5.89. The molecule has 0 aliphatic carbocycles. The fraction of sp³-hybridized carbons (Fsp3) is 0.417. The Bertz CT molecular complexity index is 539. The Morgan fingerprint density at radius 3 is 2.53 bits per heavy atom.